The number of rotatable bonds is 2. The molecule has 0 aliphatic carbocycles. The Bertz CT molecular complexity index is 115. The lowest BCUT2D eigenvalue weighted by Gasteiger charge is -2.02. The van der Waals surface area contributed by atoms with Crippen LogP contribution in [0.1, 0.15) is 13.3 Å². The molecule has 60 valence electrons. The predicted molar refractivity (Wildman–Crippen MR) is 45.7 cm³/mol. The van der Waals surface area contributed by atoms with Gasteiger partial charge in [0.25, 0.3) is 0 Å². The molecule has 1 nitrogen and oxygen atoms in total. The summed E-state index contributed by atoms with van der Waals surface area (Å²) < 4.78 is -1.34. The molecular weight excluding hydrogens is 194 g/mol. The first-order valence-corrected chi connectivity index (χ1v) is 3.97. The SMILES string of the molecule is CC(O)CC=CC(Cl)(Cl)Cl. The van der Waals surface area contributed by atoms with Crippen molar-refractivity contribution in [2.45, 2.75) is 23.2 Å². The summed E-state index contributed by atoms with van der Waals surface area (Å²) in [5.74, 6) is 0. The van der Waals surface area contributed by atoms with Gasteiger partial charge in [-0.3, -0.25) is 0 Å². The normalized spacial score (nSPS) is 16.1. The first-order chi connectivity index (χ1) is 4.42. The van der Waals surface area contributed by atoms with Gasteiger partial charge in [0.2, 0.25) is 3.79 Å². The van der Waals surface area contributed by atoms with E-state index in [-0.39, 0.29) is 6.10 Å². The van der Waals surface area contributed by atoms with Crippen LogP contribution < -0.4 is 0 Å². The Morgan fingerprint density at radius 1 is 1.50 bits per heavy atom. The zero-order chi connectivity index (χ0) is 8.20. The van der Waals surface area contributed by atoms with Gasteiger partial charge in [0.15, 0.2) is 0 Å². The van der Waals surface area contributed by atoms with Crippen molar-refractivity contribution in [2.24, 2.45) is 0 Å². The molecule has 1 N–H and O–H groups in total. The molecule has 0 rings (SSSR count). The largest absolute Gasteiger partial charge is 0.393 e. The molecule has 0 aromatic rings. The summed E-state index contributed by atoms with van der Waals surface area (Å²) in [6.07, 6.45) is 3.18. The molecule has 0 bridgehead atoms. The second kappa shape index (κ2) is 4.45. The Hall–Kier alpha value is 0.570. The lowest BCUT2D eigenvalue weighted by atomic mass is 10.3. The predicted octanol–water partition coefficient (Wildman–Crippen LogP) is 2.68. The van der Waals surface area contributed by atoms with Gasteiger partial charge in [0, 0.05) is 0 Å². The maximum Gasteiger partial charge on any atom is 0.209 e. The molecule has 1 atom stereocenters. The summed E-state index contributed by atoms with van der Waals surface area (Å²) in [6.45, 7) is 1.67. The van der Waals surface area contributed by atoms with Crippen LogP contribution in [0, 0.1) is 0 Å². The number of hydrogen-bond acceptors (Lipinski definition) is 1. The molecule has 0 aromatic carbocycles. The molecule has 10 heavy (non-hydrogen) atoms. The quantitative estimate of drug-likeness (QED) is 0.540. The lowest BCUT2D eigenvalue weighted by molar-refractivity contribution is 0.198. The van der Waals surface area contributed by atoms with E-state index in [1.54, 1.807) is 13.0 Å². The van der Waals surface area contributed by atoms with Crippen LogP contribution in [0.15, 0.2) is 12.2 Å². The highest BCUT2D eigenvalue weighted by Gasteiger charge is 2.13. The molecule has 0 aliphatic heterocycles. The van der Waals surface area contributed by atoms with E-state index < -0.39 is 3.79 Å². The molecule has 0 aliphatic rings. The Morgan fingerprint density at radius 3 is 2.30 bits per heavy atom. The van der Waals surface area contributed by atoms with Gasteiger partial charge in [-0.15, -0.1) is 0 Å². The number of alkyl halides is 3. The fraction of sp³-hybridized carbons (Fsp3) is 0.667. The highest BCUT2D eigenvalue weighted by atomic mass is 35.6. The molecule has 0 radical (unpaired) electrons. The fourth-order valence-electron chi connectivity index (χ4n) is 0.399. The summed E-state index contributed by atoms with van der Waals surface area (Å²) in [6, 6.07) is 0. The minimum absolute atomic E-state index is 0.386. The van der Waals surface area contributed by atoms with Gasteiger partial charge in [-0.25, -0.2) is 0 Å². The van der Waals surface area contributed by atoms with E-state index in [1.165, 1.54) is 6.08 Å². The minimum Gasteiger partial charge on any atom is -0.393 e. The summed E-state index contributed by atoms with van der Waals surface area (Å²) in [5, 5.41) is 8.77. The third-order valence-electron chi connectivity index (χ3n) is 0.784. The second-order valence-electron chi connectivity index (χ2n) is 2.03. The van der Waals surface area contributed by atoms with Crippen molar-refractivity contribution in [3.63, 3.8) is 0 Å². The number of aliphatic hydroxyl groups is 1. The average Bonchev–Trinajstić information content (AvgIpc) is 1.59. The zero-order valence-corrected chi connectivity index (χ0v) is 7.79. The Balaban J connectivity index is 3.57. The van der Waals surface area contributed by atoms with Gasteiger partial charge in [0.05, 0.1) is 6.10 Å². The maximum atomic E-state index is 8.77. The Morgan fingerprint density at radius 2 is 2.00 bits per heavy atom. The molecule has 0 fully saturated rings. The number of allylic oxidation sites excluding steroid dienone is 1. The van der Waals surface area contributed by atoms with E-state index in [0.717, 1.165) is 0 Å². The van der Waals surface area contributed by atoms with Gasteiger partial charge in [-0.05, 0) is 19.4 Å². The highest BCUT2D eigenvalue weighted by molar-refractivity contribution is 6.68. The van der Waals surface area contributed by atoms with Crippen molar-refractivity contribution in [3.8, 4) is 0 Å². The van der Waals surface area contributed by atoms with E-state index in [1.807, 2.05) is 0 Å². The smallest absolute Gasteiger partial charge is 0.209 e. The molecule has 0 aromatic heterocycles. The van der Waals surface area contributed by atoms with Crippen LogP contribution in [0.5, 0.6) is 0 Å². The molecule has 0 saturated heterocycles. The van der Waals surface area contributed by atoms with E-state index >= 15 is 0 Å². The van der Waals surface area contributed by atoms with Crippen molar-refractivity contribution in [1.29, 1.82) is 0 Å². The summed E-state index contributed by atoms with van der Waals surface area (Å²) >= 11 is 16.1. The molecule has 1 unspecified atom stereocenters. The molecule has 4 heteroatoms. The topological polar surface area (TPSA) is 20.2 Å². The number of aliphatic hydroxyl groups excluding tert-OH is 1. The highest BCUT2D eigenvalue weighted by Crippen LogP contribution is 2.27. The van der Waals surface area contributed by atoms with Gasteiger partial charge in [-0.2, -0.15) is 0 Å². The van der Waals surface area contributed by atoms with E-state index in [2.05, 4.69) is 0 Å². The average molecular weight is 203 g/mol. The van der Waals surface area contributed by atoms with Crippen LogP contribution in [0.25, 0.3) is 0 Å². The fourth-order valence-corrected chi connectivity index (χ4v) is 0.666. The third kappa shape index (κ3) is 8.57. The van der Waals surface area contributed by atoms with Gasteiger partial charge in [0.1, 0.15) is 0 Å². The zero-order valence-electron chi connectivity index (χ0n) is 5.52. The Kier molecular flexibility index (Phi) is 4.70. The standard InChI is InChI=1S/C6H9Cl3O/c1-5(10)3-2-4-6(7,8)9/h2,4-5,10H,3H2,1H3. The maximum absolute atomic E-state index is 8.77. The van der Waals surface area contributed by atoms with Gasteiger partial charge >= 0.3 is 0 Å². The first-order valence-electron chi connectivity index (χ1n) is 2.84. The van der Waals surface area contributed by atoms with Crippen molar-refractivity contribution in [1.82, 2.24) is 0 Å². The van der Waals surface area contributed by atoms with Crippen LogP contribution in [0.4, 0.5) is 0 Å². The lowest BCUT2D eigenvalue weighted by Crippen LogP contribution is -1.98. The number of hydrogen-bond donors (Lipinski definition) is 1. The monoisotopic (exact) mass is 202 g/mol. The van der Waals surface area contributed by atoms with Gasteiger partial charge in [-0.1, -0.05) is 40.9 Å². The summed E-state index contributed by atoms with van der Waals surface area (Å²) in [5.41, 5.74) is 0. The summed E-state index contributed by atoms with van der Waals surface area (Å²) in [7, 11) is 0. The van der Waals surface area contributed by atoms with Crippen molar-refractivity contribution in [3.05, 3.63) is 12.2 Å². The molecule has 0 amide bonds. The van der Waals surface area contributed by atoms with Gasteiger partial charge < -0.3 is 5.11 Å². The summed E-state index contributed by atoms with van der Waals surface area (Å²) in [4.78, 5) is 0. The van der Waals surface area contributed by atoms with E-state index in [4.69, 9.17) is 39.9 Å². The minimum atomic E-state index is -1.34. The third-order valence-corrected chi connectivity index (χ3v) is 1.16. The van der Waals surface area contributed by atoms with Crippen LogP contribution in [-0.4, -0.2) is 15.0 Å². The van der Waals surface area contributed by atoms with E-state index in [0.29, 0.717) is 6.42 Å². The second-order valence-corrected chi connectivity index (χ2v) is 4.40. The molecule has 0 heterocycles. The van der Waals surface area contributed by atoms with Crippen molar-refractivity contribution in [2.75, 3.05) is 0 Å². The van der Waals surface area contributed by atoms with Crippen LogP contribution in [-0.2, 0) is 0 Å². The van der Waals surface area contributed by atoms with Crippen molar-refractivity contribution < 1.29 is 5.11 Å². The Labute approximate surface area is 75.6 Å². The molecule has 0 saturated carbocycles. The van der Waals surface area contributed by atoms with Crippen LogP contribution in [0.3, 0.4) is 0 Å². The van der Waals surface area contributed by atoms with Crippen LogP contribution in [0.2, 0.25) is 0 Å². The van der Waals surface area contributed by atoms with E-state index in [9.17, 15) is 0 Å². The first kappa shape index (κ1) is 10.6. The molecular formula is C6H9Cl3O. The van der Waals surface area contributed by atoms with Crippen LogP contribution >= 0.6 is 34.8 Å². The van der Waals surface area contributed by atoms with Crippen molar-refractivity contribution >= 4 is 34.8 Å². The number of halogens is 3. The molecule has 0 spiro atoms.